The summed E-state index contributed by atoms with van der Waals surface area (Å²) >= 11 is 0. The maximum Gasteiger partial charge on any atom is 0.00212 e. The summed E-state index contributed by atoms with van der Waals surface area (Å²) in [5, 5.41) is 0. The van der Waals surface area contributed by atoms with E-state index >= 15 is 0 Å². The molecule has 0 amide bonds. The molecule has 1 unspecified atom stereocenters. The largest absolute Gasteiger partial charge is 0.0622 e. The van der Waals surface area contributed by atoms with Gasteiger partial charge in [-0.25, -0.2) is 0 Å². The molecule has 0 heteroatoms. The van der Waals surface area contributed by atoms with Gasteiger partial charge in [-0.15, -0.1) is 0 Å². The van der Waals surface area contributed by atoms with E-state index in [4.69, 9.17) is 0 Å². The Bertz CT molecular complexity index is 504. The van der Waals surface area contributed by atoms with Gasteiger partial charge in [0, 0.05) is 5.41 Å². The monoisotopic (exact) mass is 252 g/mol. The van der Waals surface area contributed by atoms with Crippen LogP contribution in [0, 0.1) is 23.2 Å². The van der Waals surface area contributed by atoms with Crippen molar-refractivity contribution in [2.24, 2.45) is 23.2 Å². The summed E-state index contributed by atoms with van der Waals surface area (Å²) in [7, 11) is 0. The van der Waals surface area contributed by atoms with Crippen LogP contribution in [-0.2, 0) is 5.41 Å². The van der Waals surface area contributed by atoms with Crippen LogP contribution >= 0.6 is 0 Å². The van der Waals surface area contributed by atoms with Crippen molar-refractivity contribution in [2.75, 3.05) is 0 Å². The van der Waals surface area contributed by atoms with Gasteiger partial charge in [0.2, 0.25) is 0 Å². The van der Waals surface area contributed by atoms with E-state index in [1.54, 1.807) is 24.8 Å². The minimum atomic E-state index is 0.649. The summed E-state index contributed by atoms with van der Waals surface area (Å²) < 4.78 is 0. The molecule has 0 nitrogen and oxygen atoms in total. The molecule has 0 saturated heterocycles. The fourth-order valence-corrected chi connectivity index (χ4v) is 6.52. The Kier molecular flexibility index (Phi) is 1.99. The van der Waals surface area contributed by atoms with Crippen molar-refractivity contribution in [3.05, 3.63) is 35.9 Å². The zero-order valence-corrected chi connectivity index (χ0v) is 11.8. The molecule has 5 atom stereocenters. The van der Waals surface area contributed by atoms with Crippen molar-refractivity contribution >= 4 is 0 Å². The summed E-state index contributed by atoms with van der Waals surface area (Å²) in [4.78, 5) is 0. The third-order valence-corrected chi connectivity index (χ3v) is 7.20. The van der Waals surface area contributed by atoms with Gasteiger partial charge in [-0.05, 0) is 54.4 Å². The number of benzene rings is 1. The second-order valence-corrected chi connectivity index (χ2v) is 7.78. The van der Waals surface area contributed by atoms with Crippen LogP contribution in [0.5, 0.6) is 0 Å². The second kappa shape index (κ2) is 3.45. The Balaban J connectivity index is 1.52. The lowest BCUT2D eigenvalue weighted by Gasteiger charge is -2.18. The lowest BCUT2D eigenvalue weighted by atomic mass is 9.87. The molecule has 0 N–H and O–H groups in total. The van der Waals surface area contributed by atoms with Gasteiger partial charge in [0.15, 0.2) is 0 Å². The van der Waals surface area contributed by atoms with Crippen LogP contribution < -0.4 is 0 Å². The first-order valence-corrected chi connectivity index (χ1v) is 8.43. The third kappa shape index (κ3) is 1.22. The van der Waals surface area contributed by atoms with Gasteiger partial charge in [0.25, 0.3) is 0 Å². The predicted octanol–water partition coefficient (Wildman–Crippen LogP) is 4.93. The first-order chi connectivity index (χ1) is 9.38. The van der Waals surface area contributed by atoms with E-state index in [2.05, 4.69) is 30.3 Å². The van der Waals surface area contributed by atoms with Crippen LogP contribution in [0.25, 0.3) is 0 Å². The zero-order chi connectivity index (χ0) is 12.5. The van der Waals surface area contributed by atoms with Crippen LogP contribution in [0.15, 0.2) is 30.3 Å². The highest BCUT2D eigenvalue weighted by atomic mass is 14.9. The smallest absolute Gasteiger partial charge is 0.00212 e. The third-order valence-electron chi connectivity index (χ3n) is 7.20. The van der Waals surface area contributed by atoms with Crippen LogP contribution in [0.4, 0.5) is 0 Å². The Morgan fingerprint density at radius 2 is 1.74 bits per heavy atom. The summed E-state index contributed by atoms with van der Waals surface area (Å²) in [6.07, 6.45) is 12.2. The first kappa shape index (κ1) is 10.9. The molecule has 0 aliphatic heterocycles. The Labute approximate surface area is 116 Å². The lowest BCUT2D eigenvalue weighted by Crippen LogP contribution is -2.12. The molecule has 4 aliphatic carbocycles. The van der Waals surface area contributed by atoms with E-state index in [0.29, 0.717) is 5.41 Å². The van der Waals surface area contributed by atoms with Gasteiger partial charge >= 0.3 is 0 Å². The van der Waals surface area contributed by atoms with E-state index in [0.717, 1.165) is 23.2 Å². The van der Waals surface area contributed by atoms with Crippen molar-refractivity contribution in [3.63, 3.8) is 0 Å². The molecule has 0 bridgehead atoms. The minimum absolute atomic E-state index is 0.649. The van der Waals surface area contributed by atoms with E-state index in [-0.39, 0.29) is 0 Å². The number of rotatable bonds is 1. The van der Waals surface area contributed by atoms with Crippen molar-refractivity contribution in [1.29, 1.82) is 0 Å². The summed E-state index contributed by atoms with van der Waals surface area (Å²) in [5.74, 6) is 3.23. The summed E-state index contributed by atoms with van der Waals surface area (Å²) in [6, 6.07) is 11.5. The van der Waals surface area contributed by atoms with Crippen LogP contribution in [0.3, 0.4) is 0 Å². The predicted molar refractivity (Wildman–Crippen MR) is 78.0 cm³/mol. The maximum atomic E-state index is 2.42. The van der Waals surface area contributed by atoms with Gasteiger partial charge in [-0.2, -0.15) is 0 Å². The second-order valence-electron chi connectivity index (χ2n) is 7.78. The fourth-order valence-electron chi connectivity index (χ4n) is 6.52. The van der Waals surface area contributed by atoms with Gasteiger partial charge in [-0.3, -0.25) is 0 Å². The highest BCUT2D eigenvalue weighted by Gasteiger charge is 2.83. The molecule has 0 aromatic heterocycles. The maximum absolute atomic E-state index is 2.42. The summed E-state index contributed by atoms with van der Waals surface area (Å²) in [5.41, 5.74) is 3.16. The molecule has 100 valence electrons. The molecule has 0 heterocycles. The quantitative estimate of drug-likeness (QED) is 0.664. The van der Waals surface area contributed by atoms with Crippen molar-refractivity contribution < 1.29 is 0 Å². The zero-order valence-electron chi connectivity index (χ0n) is 11.8. The molecule has 19 heavy (non-hydrogen) atoms. The molecule has 1 spiro atoms. The van der Waals surface area contributed by atoms with Crippen molar-refractivity contribution in [1.82, 2.24) is 0 Å². The highest BCUT2D eigenvalue weighted by molar-refractivity contribution is 5.45. The minimum Gasteiger partial charge on any atom is -0.0622 e. The number of hydrogen-bond acceptors (Lipinski definition) is 0. The average molecular weight is 252 g/mol. The van der Waals surface area contributed by atoms with E-state index < -0.39 is 0 Å². The number of hydrogen-bond donors (Lipinski definition) is 0. The van der Waals surface area contributed by atoms with Crippen LogP contribution in [0.2, 0.25) is 0 Å². The molecule has 0 radical (unpaired) electrons. The fraction of sp³-hybridized carbons (Fsp3) is 0.684. The van der Waals surface area contributed by atoms with E-state index in [9.17, 15) is 0 Å². The van der Waals surface area contributed by atoms with Gasteiger partial charge < -0.3 is 0 Å². The lowest BCUT2D eigenvalue weighted by molar-refractivity contribution is 0.328. The average Bonchev–Trinajstić information content (AvgIpc) is 3.26. The van der Waals surface area contributed by atoms with Crippen LogP contribution in [-0.4, -0.2) is 0 Å². The molecule has 1 aromatic rings. The first-order valence-electron chi connectivity index (χ1n) is 8.43. The molecular formula is C19H24. The Morgan fingerprint density at radius 3 is 2.63 bits per heavy atom. The Hall–Kier alpha value is -0.780. The van der Waals surface area contributed by atoms with Crippen molar-refractivity contribution in [2.45, 2.75) is 56.8 Å². The molecular weight excluding hydrogens is 228 g/mol. The number of fused-ring (bicyclic) bond motifs is 3. The normalized spacial score (nSPS) is 50.4. The molecule has 5 rings (SSSR count). The Morgan fingerprint density at radius 1 is 0.895 bits per heavy atom. The van der Waals surface area contributed by atoms with Gasteiger partial charge in [-0.1, -0.05) is 56.0 Å². The molecule has 4 fully saturated rings. The molecule has 4 saturated carbocycles. The van der Waals surface area contributed by atoms with E-state index in [1.807, 2.05) is 0 Å². The standard InChI is InChI=1S/C19H24/c1-2-7-11-18-12-15-13-19(15,14-8-4-3-5-9-14)17(18)16(18)10-6-1/h3-5,8-9,15-17H,1-2,6-7,10-13H2/t15-,16-,17+,18?,19-/m0/s1. The van der Waals surface area contributed by atoms with Gasteiger partial charge in [0.1, 0.15) is 0 Å². The molecule has 1 aromatic carbocycles. The topological polar surface area (TPSA) is 0 Å². The summed E-state index contributed by atoms with van der Waals surface area (Å²) in [6.45, 7) is 0. The van der Waals surface area contributed by atoms with Crippen molar-refractivity contribution in [3.8, 4) is 0 Å². The van der Waals surface area contributed by atoms with E-state index in [1.165, 1.54) is 32.1 Å². The highest BCUT2D eigenvalue weighted by Crippen LogP contribution is 2.88. The SMILES string of the molecule is c1ccc([C@@]23C[C@@H]2CC24CCCCCC[C@H]2[C@H]43)cc1. The molecule has 4 aliphatic rings. The van der Waals surface area contributed by atoms with Gasteiger partial charge in [0.05, 0.1) is 0 Å². The van der Waals surface area contributed by atoms with Crippen LogP contribution in [0.1, 0.15) is 56.9 Å².